The summed E-state index contributed by atoms with van der Waals surface area (Å²) in [5.74, 6) is -0.182. The molecule has 23 heavy (non-hydrogen) atoms. The van der Waals surface area contributed by atoms with Crippen molar-refractivity contribution in [3.05, 3.63) is 45.6 Å². The molecule has 0 bridgehead atoms. The Hall–Kier alpha value is -1.89. The van der Waals surface area contributed by atoms with E-state index in [1.165, 1.54) is 18.3 Å². The molecule has 0 aliphatic rings. The molecule has 0 saturated carbocycles. The second kappa shape index (κ2) is 8.10. The summed E-state index contributed by atoms with van der Waals surface area (Å²) >= 11 is 7.44. The predicted molar refractivity (Wildman–Crippen MR) is 94.2 cm³/mol. The third kappa shape index (κ3) is 6.02. The van der Waals surface area contributed by atoms with E-state index in [-0.39, 0.29) is 11.8 Å². The van der Waals surface area contributed by atoms with Gasteiger partial charge < -0.3 is 15.5 Å². The Bertz CT molecular complexity index is 685. The number of rotatable bonds is 6. The fourth-order valence-corrected chi connectivity index (χ4v) is 3.33. The van der Waals surface area contributed by atoms with Crippen LogP contribution in [0, 0.1) is 0 Å². The highest BCUT2D eigenvalue weighted by Gasteiger charge is 2.12. The zero-order valence-corrected chi connectivity index (χ0v) is 14.6. The van der Waals surface area contributed by atoms with Gasteiger partial charge in [-0.3, -0.25) is 9.59 Å². The maximum Gasteiger partial charge on any atom is 0.279 e. The molecule has 5 nitrogen and oxygen atoms in total. The average Bonchev–Trinajstić information content (AvgIpc) is 2.85. The van der Waals surface area contributed by atoms with Gasteiger partial charge in [0.2, 0.25) is 5.91 Å². The SMILES string of the molecule is CC(=O)Nc1ccc(NC(=O)C[NH+](C)Cc2ccc(Cl)s2)cc1. The van der Waals surface area contributed by atoms with Crippen molar-refractivity contribution in [2.45, 2.75) is 13.5 Å². The monoisotopic (exact) mass is 352 g/mol. The van der Waals surface area contributed by atoms with Gasteiger partial charge in [0.25, 0.3) is 5.91 Å². The van der Waals surface area contributed by atoms with Gasteiger partial charge in [0.05, 0.1) is 16.3 Å². The summed E-state index contributed by atoms with van der Waals surface area (Å²) < 4.78 is 0.761. The highest BCUT2D eigenvalue weighted by molar-refractivity contribution is 7.16. The van der Waals surface area contributed by atoms with E-state index < -0.39 is 0 Å². The van der Waals surface area contributed by atoms with Crippen molar-refractivity contribution >= 4 is 46.1 Å². The summed E-state index contributed by atoms with van der Waals surface area (Å²) in [6, 6.07) is 10.9. The third-order valence-electron chi connectivity index (χ3n) is 3.06. The first-order valence-electron chi connectivity index (χ1n) is 7.15. The predicted octanol–water partition coefficient (Wildman–Crippen LogP) is 2.01. The molecule has 2 aromatic rings. The number of hydrogen-bond donors (Lipinski definition) is 3. The molecule has 1 aromatic heterocycles. The number of anilines is 2. The summed E-state index contributed by atoms with van der Waals surface area (Å²) in [5.41, 5.74) is 1.41. The van der Waals surface area contributed by atoms with Crippen molar-refractivity contribution in [3.63, 3.8) is 0 Å². The van der Waals surface area contributed by atoms with E-state index in [4.69, 9.17) is 11.6 Å². The van der Waals surface area contributed by atoms with Crippen LogP contribution in [0.3, 0.4) is 0 Å². The molecule has 1 aromatic carbocycles. The molecule has 122 valence electrons. The number of benzene rings is 1. The molecule has 0 spiro atoms. The normalized spacial score (nSPS) is 11.8. The molecule has 1 atom stereocenters. The van der Waals surface area contributed by atoms with E-state index in [1.54, 1.807) is 24.3 Å². The smallest absolute Gasteiger partial charge is 0.279 e. The molecule has 7 heteroatoms. The number of hydrogen-bond acceptors (Lipinski definition) is 3. The molecule has 0 aliphatic heterocycles. The Balaban J connectivity index is 1.82. The lowest BCUT2D eigenvalue weighted by atomic mass is 10.2. The van der Waals surface area contributed by atoms with Crippen molar-refractivity contribution in [2.24, 2.45) is 0 Å². The second-order valence-corrected chi connectivity index (χ2v) is 7.12. The van der Waals surface area contributed by atoms with Crippen molar-refractivity contribution in [3.8, 4) is 0 Å². The van der Waals surface area contributed by atoms with Crippen molar-refractivity contribution in [1.82, 2.24) is 0 Å². The minimum atomic E-state index is -0.124. The van der Waals surface area contributed by atoms with Gasteiger partial charge in [0, 0.05) is 18.3 Å². The standard InChI is InChI=1S/C16H18ClN3O2S/c1-11(21)18-12-3-5-13(6-4-12)19-16(22)10-20(2)9-14-7-8-15(17)23-14/h3-8H,9-10H2,1-2H3,(H,18,21)(H,19,22)/p+1. The van der Waals surface area contributed by atoms with Crippen LogP contribution in [0.2, 0.25) is 4.34 Å². The Morgan fingerprint density at radius 2 is 1.70 bits per heavy atom. The van der Waals surface area contributed by atoms with Gasteiger partial charge in [-0.05, 0) is 36.4 Å². The van der Waals surface area contributed by atoms with E-state index in [0.717, 1.165) is 20.7 Å². The average molecular weight is 353 g/mol. The van der Waals surface area contributed by atoms with Gasteiger partial charge in [-0.1, -0.05) is 11.6 Å². The lowest BCUT2D eigenvalue weighted by Crippen LogP contribution is -3.08. The van der Waals surface area contributed by atoms with Crippen LogP contribution in [-0.2, 0) is 16.1 Å². The van der Waals surface area contributed by atoms with E-state index in [9.17, 15) is 9.59 Å². The van der Waals surface area contributed by atoms with Crippen LogP contribution in [-0.4, -0.2) is 25.4 Å². The number of quaternary nitrogens is 1. The second-order valence-electron chi connectivity index (χ2n) is 5.32. The molecular formula is C16H19ClN3O2S+. The number of amides is 2. The van der Waals surface area contributed by atoms with Crippen molar-refractivity contribution < 1.29 is 14.5 Å². The molecular weight excluding hydrogens is 334 g/mol. The highest BCUT2D eigenvalue weighted by atomic mass is 35.5. The minimum absolute atomic E-state index is 0.0579. The van der Waals surface area contributed by atoms with E-state index >= 15 is 0 Å². The number of thiophene rings is 1. The minimum Gasteiger partial charge on any atom is -0.326 e. The summed E-state index contributed by atoms with van der Waals surface area (Å²) in [4.78, 5) is 25.2. The summed E-state index contributed by atoms with van der Waals surface area (Å²) in [7, 11) is 1.97. The van der Waals surface area contributed by atoms with Gasteiger partial charge in [-0.15, -0.1) is 11.3 Å². The van der Waals surface area contributed by atoms with E-state index in [2.05, 4.69) is 10.6 Å². The summed E-state index contributed by atoms with van der Waals surface area (Å²) in [6.45, 7) is 2.57. The zero-order valence-electron chi connectivity index (χ0n) is 13.0. The Kier molecular flexibility index (Phi) is 6.15. The molecule has 3 N–H and O–H groups in total. The van der Waals surface area contributed by atoms with Gasteiger partial charge in [-0.2, -0.15) is 0 Å². The number of halogens is 1. The van der Waals surface area contributed by atoms with Crippen LogP contribution in [0.15, 0.2) is 36.4 Å². The lowest BCUT2D eigenvalue weighted by molar-refractivity contribution is -0.884. The Morgan fingerprint density at radius 3 is 2.22 bits per heavy atom. The van der Waals surface area contributed by atoms with E-state index in [0.29, 0.717) is 17.9 Å². The van der Waals surface area contributed by atoms with Gasteiger partial charge in [0.15, 0.2) is 6.54 Å². The molecule has 0 fully saturated rings. The molecule has 1 unspecified atom stereocenters. The molecule has 0 aliphatic carbocycles. The first-order chi connectivity index (χ1) is 10.9. The summed E-state index contributed by atoms with van der Waals surface area (Å²) in [6.07, 6.45) is 0. The van der Waals surface area contributed by atoms with Crippen LogP contribution in [0.1, 0.15) is 11.8 Å². The number of nitrogens with one attached hydrogen (secondary N) is 3. The fourth-order valence-electron chi connectivity index (χ4n) is 2.13. The number of carbonyl (C=O) groups is 2. The van der Waals surface area contributed by atoms with Gasteiger partial charge in [-0.25, -0.2) is 0 Å². The topological polar surface area (TPSA) is 62.6 Å². The van der Waals surface area contributed by atoms with Crippen molar-refractivity contribution in [2.75, 3.05) is 24.2 Å². The largest absolute Gasteiger partial charge is 0.326 e. The first kappa shape index (κ1) is 17.5. The van der Waals surface area contributed by atoms with Crippen LogP contribution < -0.4 is 15.5 Å². The maximum atomic E-state index is 12.1. The molecule has 1 heterocycles. The number of likely N-dealkylation sites (N-methyl/N-ethyl adjacent to an activating group) is 1. The summed E-state index contributed by atoms with van der Waals surface area (Å²) in [5, 5.41) is 5.53. The Morgan fingerprint density at radius 1 is 1.09 bits per heavy atom. The van der Waals surface area contributed by atoms with Gasteiger partial charge in [0.1, 0.15) is 6.54 Å². The molecule has 2 rings (SSSR count). The lowest BCUT2D eigenvalue weighted by Gasteiger charge is -2.13. The van der Waals surface area contributed by atoms with E-state index in [1.807, 2.05) is 19.2 Å². The molecule has 2 amide bonds. The zero-order chi connectivity index (χ0) is 16.8. The Labute approximate surface area is 144 Å². The van der Waals surface area contributed by atoms with Crippen molar-refractivity contribution in [1.29, 1.82) is 0 Å². The van der Waals surface area contributed by atoms with Crippen LogP contribution in [0.5, 0.6) is 0 Å². The van der Waals surface area contributed by atoms with Gasteiger partial charge >= 0.3 is 0 Å². The maximum absolute atomic E-state index is 12.1. The third-order valence-corrected chi connectivity index (χ3v) is 4.29. The van der Waals surface area contributed by atoms with Crippen LogP contribution >= 0.6 is 22.9 Å². The number of carbonyl (C=O) groups excluding carboxylic acids is 2. The quantitative estimate of drug-likeness (QED) is 0.744. The molecule has 0 saturated heterocycles. The first-order valence-corrected chi connectivity index (χ1v) is 8.35. The molecule has 0 radical (unpaired) electrons. The fraction of sp³-hybridized carbons (Fsp3) is 0.250. The van der Waals surface area contributed by atoms with Crippen LogP contribution in [0.4, 0.5) is 11.4 Å². The van der Waals surface area contributed by atoms with Crippen LogP contribution in [0.25, 0.3) is 0 Å². The highest BCUT2D eigenvalue weighted by Crippen LogP contribution is 2.20.